The molecule has 0 bridgehead atoms. The summed E-state index contributed by atoms with van der Waals surface area (Å²) < 4.78 is 5.17. The average molecular weight is 276 g/mol. The van der Waals surface area contributed by atoms with E-state index in [1.54, 1.807) is 11.8 Å². The van der Waals surface area contributed by atoms with Crippen molar-refractivity contribution in [1.29, 1.82) is 0 Å². The molecule has 1 saturated heterocycles. The molecule has 0 radical (unpaired) electrons. The zero-order chi connectivity index (χ0) is 13.4. The molecule has 0 atom stereocenters. The number of amides is 2. The summed E-state index contributed by atoms with van der Waals surface area (Å²) >= 11 is 1.64. The zero-order valence-corrected chi connectivity index (χ0v) is 11.3. The molecule has 0 unspecified atom stereocenters. The normalized spacial score (nSPS) is 18.1. The molecular weight excluding hydrogens is 256 g/mol. The molecule has 6 nitrogen and oxygen atoms in total. The zero-order valence-electron chi connectivity index (χ0n) is 10.5. The van der Waals surface area contributed by atoms with Crippen LogP contribution in [0.5, 0.6) is 0 Å². The number of carbonyl (C=O) groups excluding carboxylic acids is 1. The Balaban J connectivity index is 2.38. The van der Waals surface area contributed by atoms with Crippen molar-refractivity contribution in [2.45, 2.75) is 12.8 Å². The number of carboxylic acids is 1. The molecule has 0 aromatic rings. The van der Waals surface area contributed by atoms with Crippen LogP contribution in [0.25, 0.3) is 0 Å². The predicted octanol–water partition coefficient (Wildman–Crippen LogP) is 0.530. The summed E-state index contributed by atoms with van der Waals surface area (Å²) in [4.78, 5) is 22.8. The monoisotopic (exact) mass is 276 g/mol. The Kier molecular flexibility index (Phi) is 6.28. The van der Waals surface area contributed by atoms with Crippen molar-refractivity contribution in [3.8, 4) is 0 Å². The fourth-order valence-electron chi connectivity index (χ4n) is 1.81. The smallest absolute Gasteiger partial charge is 0.314 e. The van der Waals surface area contributed by atoms with Crippen molar-refractivity contribution >= 4 is 23.8 Å². The maximum atomic E-state index is 11.5. The molecule has 1 aliphatic rings. The van der Waals surface area contributed by atoms with Gasteiger partial charge in [-0.1, -0.05) is 0 Å². The summed E-state index contributed by atoms with van der Waals surface area (Å²) in [6.07, 6.45) is 2.84. The Bertz CT molecular complexity index is 293. The van der Waals surface area contributed by atoms with Crippen molar-refractivity contribution in [2.24, 2.45) is 5.41 Å². The molecule has 1 aliphatic heterocycles. The van der Waals surface area contributed by atoms with Gasteiger partial charge in [-0.2, -0.15) is 11.8 Å². The molecule has 7 heteroatoms. The van der Waals surface area contributed by atoms with Crippen LogP contribution in [-0.2, 0) is 9.53 Å². The van der Waals surface area contributed by atoms with Crippen LogP contribution in [0.1, 0.15) is 12.8 Å². The Labute approximate surface area is 111 Å². The van der Waals surface area contributed by atoms with Gasteiger partial charge in [0.1, 0.15) is 0 Å². The van der Waals surface area contributed by atoms with Gasteiger partial charge >= 0.3 is 12.0 Å². The summed E-state index contributed by atoms with van der Waals surface area (Å²) in [5.74, 6) is -0.0269. The van der Waals surface area contributed by atoms with Gasteiger partial charge in [0.15, 0.2) is 0 Å². The van der Waals surface area contributed by atoms with Crippen LogP contribution >= 0.6 is 11.8 Å². The van der Waals surface area contributed by atoms with E-state index in [-0.39, 0.29) is 12.6 Å². The lowest BCUT2D eigenvalue weighted by molar-refractivity contribution is -0.154. The van der Waals surface area contributed by atoms with Gasteiger partial charge in [0.05, 0.1) is 5.41 Å². The standard InChI is InChI=1S/C11H20N2O4S/c1-18-7-4-12-10(16)13-8-11(9(14)15)2-5-17-6-3-11/h2-8H2,1H3,(H,14,15)(H2,12,13,16). The van der Waals surface area contributed by atoms with Crippen LogP contribution in [0, 0.1) is 5.41 Å². The van der Waals surface area contributed by atoms with E-state index < -0.39 is 11.4 Å². The fourth-order valence-corrected chi connectivity index (χ4v) is 2.11. The number of ether oxygens (including phenoxy) is 1. The molecule has 104 valence electrons. The predicted molar refractivity (Wildman–Crippen MR) is 69.9 cm³/mol. The first-order valence-corrected chi connectivity index (χ1v) is 7.32. The number of urea groups is 1. The van der Waals surface area contributed by atoms with E-state index in [0.717, 1.165) is 5.75 Å². The van der Waals surface area contributed by atoms with E-state index in [1.165, 1.54) is 0 Å². The number of rotatable bonds is 6. The van der Waals surface area contributed by atoms with Gasteiger partial charge in [-0.15, -0.1) is 0 Å². The molecule has 18 heavy (non-hydrogen) atoms. The van der Waals surface area contributed by atoms with Crippen LogP contribution in [0.3, 0.4) is 0 Å². The van der Waals surface area contributed by atoms with Crippen LogP contribution in [0.15, 0.2) is 0 Å². The van der Waals surface area contributed by atoms with Crippen LogP contribution < -0.4 is 10.6 Å². The van der Waals surface area contributed by atoms with Gasteiger partial charge in [0.2, 0.25) is 0 Å². The van der Waals surface area contributed by atoms with E-state index in [9.17, 15) is 14.7 Å². The largest absolute Gasteiger partial charge is 0.481 e. The minimum Gasteiger partial charge on any atom is -0.481 e. The first-order chi connectivity index (χ1) is 8.60. The summed E-state index contributed by atoms with van der Waals surface area (Å²) in [5, 5.41) is 14.6. The first-order valence-electron chi connectivity index (χ1n) is 5.92. The van der Waals surface area contributed by atoms with Crippen molar-refractivity contribution in [2.75, 3.05) is 38.3 Å². The number of nitrogens with one attached hydrogen (secondary N) is 2. The lowest BCUT2D eigenvalue weighted by atomic mass is 9.80. The number of hydrogen-bond donors (Lipinski definition) is 3. The van der Waals surface area contributed by atoms with Gasteiger partial charge in [-0.25, -0.2) is 4.79 Å². The molecule has 0 saturated carbocycles. The molecular formula is C11H20N2O4S. The van der Waals surface area contributed by atoms with Gasteiger partial charge in [0.25, 0.3) is 0 Å². The molecule has 0 aromatic carbocycles. The van der Waals surface area contributed by atoms with Gasteiger partial charge in [-0.3, -0.25) is 4.79 Å². The summed E-state index contributed by atoms with van der Waals surface area (Å²) in [6, 6.07) is -0.309. The third-order valence-electron chi connectivity index (χ3n) is 3.08. The molecule has 1 heterocycles. The lowest BCUT2D eigenvalue weighted by Crippen LogP contribution is -2.49. The van der Waals surface area contributed by atoms with E-state index in [4.69, 9.17) is 4.74 Å². The van der Waals surface area contributed by atoms with Crippen molar-refractivity contribution in [1.82, 2.24) is 10.6 Å². The summed E-state index contributed by atoms with van der Waals surface area (Å²) in [7, 11) is 0. The third-order valence-corrected chi connectivity index (χ3v) is 3.70. The Morgan fingerprint density at radius 1 is 1.33 bits per heavy atom. The number of thioether (sulfide) groups is 1. The summed E-state index contributed by atoms with van der Waals surface area (Å²) in [5.41, 5.74) is -0.880. The number of carbonyl (C=O) groups is 2. The first kappa shape index (κ1) is 15.1. The van der Waals surface area contributed by atoms with Gasteiger partial charge < -0.3 is 20.5 Å². The van der Waals surface area contributed by atoms with Crippen molar-refractivity contribution in [3.63, 3.8) is 0 Å². The van der Waals surface area contributed by atoms with E-state index in [1.807, 2.05) is 6.26 Å². The van der Waals surface area contributed by atoms with Crippen molar-refractivity contribution in [3.05, 3.63) is 0 Å². The fraction of sp³-hybridized carbons (Fsp3) is 0.818. The highest BCUT2D eigenvalue weighted by molar-refractivity contribution is 7.98. The van der Waals surface area contributed by atoms with E-state index in [2.05, 4.69) is 10.6 Å². The highest BCUT2D eigenvalue weighted by Gasteiger charge is 2.40. The van der Waals surface area contributed by atoms with Crippen molar-refractivity contribution < 1.29 is 19.4 Å². The van der Waals surface area contributed by atoms with E-state index >= 15 is 0 Å². The molecule has 3 N–H and O–H groups in total. The molecule has 0 aromatic heterocycles. The average Bonchev–Trinajstić information content (AvgIpc) is 2.37. The van der Waals surface area contributed by atoms with Crippen LogP contribution in [0.4, 0.5) is 4.79 Å². The Morgan fingerprint density at radius 2 is 2.00 bits per heavy atom. The second-order valence-corrected chi connectivity index (χ2v) is 5.29. The number of aliphatic carboxylic acids is 1. The SMILES string of the molecule is CSCCNC(=O)NCC1(C(=O)O)CCOCC1. The second-order valence-electron chi connectivity index (χ2n) is 4.30. The third kappa shape index (κ3) is 4.38. The lowest BCUT2D eigenvalue weighted by Gasteiger charge is -2.33. The van der Waals surface area contributed by atoms with Gasteiger partial charge in [-0.05, 0) is 19.1 Å². The van der Waals surface area contributed by atoms with Crippen LogP contribution in [-0.4, -0.2) is 55.4 Å². The van der Waals surface area contributed by atoms with E-state index in [0.29, 0.717) is 32.6 Å². The number of hydrogen-bond acceptors (Lipinski definition) is 4. The quantitative estimate of drug-likeness (QED) is 0.616. The second kappa shape index (κ2) is 7.48. The minimum absolute atomic E-state index is 0.150. The Morgan fingerprint density at radius 3 is 2.56 bits per heavy atom. The summed E-state index contributed by atoms with van der Waals surface area (Å²) in [6.45, 7) is 1.59. The molecule has 0 spiro atoms. The molecule has 1 rings (SSSR count). The highest BCUT2D eigenvalue weighted by atomic mass is 32.2. The molecule has 2 amide bonds. The minimum atomic E-state index is -0.880. The van der Waals surface area contributed by atoms with Crippen LogP contribution in [0.2, 0.25) is 0 Å². The van der Waals surface area contributed by atoms with Gasteiger partial charge in [0, 0.05) is 32.1 Å². The Hall–Kier alpha value is -0.950. The molecule has 1 fully saturated rings. The maximum Gasteiger partial charge on any atom is 0.314 e. The molecule has 0 aliphatic carbocycles. The topological polar surface area (TPSA) is 87.7 Å². The maximum absolute atomic E-state index is 11.5. The number of carboxylic acid groups (broad SMARTS) is 1. The highest BCUT2D eigenvalue weighted by Crippen LogP contribution is 2.29.